The van der Waals surface area contributed by atoms with Gasteiger partial charge in [-0.05, 0) is 6.92 Å². The van der Waals surface area contributed by atoms with Gasteiger partial charge in [-0.1, -0.05) is 6.92 Å². The molecule has 0 saturated heterocycles. The molecule has 8 heavy (non-hydrogen) atoms. The van der Waals surface area contributed by atoms with Crippen molar-refractivity contribution < 1.29 is 9.90 Å². The largest absolute Gasteiger partial charge is 0.393 e. The van der Waals surface area contributed by atoms with E-state index in [-0.39, 0.29) is 11.0 Å². The number of carbonyl (C=O) groups excluding carboxylic acids is 1. The molecule has 0 fully saturated rings. The van der Waals surface area contributed by atoms with Gasteiger partial charge in [-0.25, -0.2) is 0 Å². The molecule has 0 aliphatic heterocycles. The number of aliphatic hydroxyl groups excluding tert-OH is 1. The molecule has 0 aromatic carbocycles. The summed E-state index contributed by atoms with van der Waals surface area (Å²) in [5, 5.41) is 8.46. The van der Waals surface area contributed by atoms with Gasteiger partial charge < -0.3 is 5.11 Å². The van der Waals surface area contributed by atoms with Gasteiger partial charge in [0.25, 0.3) is 0 Å². The van der Waals surface area contributed by atoms with Crippen LogP contribution in [0.15, 0.2) is 0 Å². The van der Waals surface area contributed by atoms with Crippen LogP contribution in [0.1, 0.15) is 13.8 Å². The lowest BCUT2D eigenvalue weighted by Gasteiger charge is -2.07. The Bertz CT molecular complexity index is 90.4. The van der Waals surface area contributed by atoms with Crippen LogP contribution >= 0.6 is 12.6 Å². The van der Waals surface area contributed by atoms with Crippen LogP contribution in [0, 0.1) is 5.92 Å². The molecule has 0 rings (SSSR count). The minimum atomic E-state index is -0.583. The van der Waals surface area contributed by atoms with Crippen molar-refractivity contribution in [3.63, 3.8) is 0 Å². The Morgan fingerprint density at radius 3 is 2.00 bits per heavy atom. The molecule has 0 heterocycles. The summed E-state index contributed by atoms with van der Waals surface area (Å²) in [6.45, 7) is 3.21. The molecule has 1 N–H and O–H groups in total. The van der Waals surface area contributed by atoms with E-state index in [4.69, 9.17) is 5.11 Å². The molecule has 48 valence electrons. The maximum Gasteiger partial charge on any atom is 0.191 e. The van der Waals surface area contributed by atoms with Gasteiger partial charge in [0.15, 0.2) is 5.12 Å². The van der Waals surface area contributed by atoms with E-state index in [0.29, 0.717) is 0 Å². The van der Waals surface area contributed by atoms with Gasteiger partial charge in [0, 0.05) is 0 Å². The summed E-state index contributed by atoms with van der Waals surface area (Å²) in [5.41, 5.74) is 0. The van der Waals surface area contributed by atoms with E-state index in [1.807, 2.05) is 0 Å². The Morgan fingerprint density at radius 1 is 1.62 bits per heavy atom. The molecule has 3 heteroatoms. The quantitative estimate of drug-likeness (QED) is 0.538. The smallest absolute Gasteiger partial charge is 0.191 e. The normalized spacial score (nSPS) is 17.5. The van der Waals surface area contributed by atoms with E-state index in [1.54, 1.807) is 13.8 Å². The molecule has 0 amide bonds. The van der Waals surface area contributed by atoms with Crippen LogP contribution in [0.5, 0.6) is 0 Å². The van der Waals surface area contributed by atoms with Crippen LogP contribution in [0.2, 0.25) is 0 Å². The standard InChI is InChI=1S/C5H10O2S/c1-3(4(2)6)5(7)8/h3-4,6H,1-2H3,(H,7,8). The lowest BCUT2D eigenvalue weighted by molar-refractivity contribution is -0.116. The molecule has 0 radical (unpaired) electrons. The van der Waals surface area contributed by atoms with Gasteiger partial charge >= 0.3 is 0 Å². The fourth-order valence-electron chi connectivity index (χ4n) is 0.206. The highest BCUT2D eigenvalue weighted by atomic mass is 32.1. The molecule has 0 bridgehead atoms. The molecule has 0 aliphatic carbocycles. The molecular weight excluding hydrogens is 124 g/mol. The number of hydrogen-bond donors (Lipinski definition) is 2. The topological polar surface area (TPSA) is 37.3 Å². The predicted octanol–water partition coefficient (Wildman–Crippen LogP) is 0.460. The van der Waals surface area contributed by atoms with Crippen molar-refractivity contribution >= 4 is 17.7 Å². The van der Waals surface area contributed by atoms with E-state index in [1.165, 1.54) is 0 Å². The van der Waals surface area contributed by atoms with Crippen LogP contribution in [0.4, 0.5) is 0 Å². The third-order valence-electron chi connectivity index (χ3n) is 1.11. The Hall–Kier alpha value is -0.0200. The zero-order valence-corrected chi connectivity index (χ0v) is 5.85. The first kappa shape index (κ1) is 7.98. The minimum absolute atomic E-state index is 0.264. The second-order valence-electron chi connectivity index (χ2n) is 1.87. The van der Waals surface area contributed by atoms with Crippen LogP contribution in [0.3, 0.4) is 0 Å². The monoisotopic (exact) mass is 134 g/mol. The predicted molar refractivity (Wildman–Crippen MR) is 34.8 cm³/mol. The maximum atomic E-state index is 10.3. The average molecular weight is 134 g/mol. The molecule has 0 aliphatic rings. The van der Waals surface area contributed by atoms with Gasteiger partial charge in [0.2, 0.25) is 0 Å². The first-order valence-corrected chi connectivity index (χ1v) is 2.91. The second kappa shape index (κ2) is 3.10. The van der Waals surface area contributed by atoms with Crippen molar-refractivity contribution in [3.8, 4) is 0 Å². The molecule has 0 aromatic rings. The van der Waals surface area contributed by atoms with Crippen molar-refractivity contribution in [2.45, 2.75) is 20.0 Å². The molecule has 2 unspecified atom stereocenters. The maximum absolute atomic E-state index is 10.3. The fourth-order valence-corrected chi connectivity index (χ4v) is 0.422. The van der Waals surface area contributed by atoms with Gasteiger partial charge in [-0.3, -0.25) is 4.79 Å². The fraction of sp³-hybridized carbons (Fsp3) is 0.800. The summed E-state index contributed by atoms with van der Waals surface area (Å²) in [4.78, 5) is 10.3. The van der Waals surface area contributed by atoms with E-state index < -0.39 is 6.10 Å². The van der Waals surface area contributed by atoms with Gasteiger partial charge in [-0.15, -0.1) is 12.6 Å². The number of aliphatic hydroxyl groups is 1. The first-order chi connectivity index (χ1) is 3.55. The highest BCUT2D eigenvalue weighted by molar-refractivity contribution is 7.96. The third-order valence-corrected chi connectivity index (χ3v) is 1.52. The Kier molecular flexibility index (Phi) is 3.09. The lowest BCUT2D eigenvalue weighted by Crippen LogP contribution is -2.18. The van der Waals surface area contributed by atoms with Crippen molar-refractivity contribution in [3.05, 3.63) is 0 Å². The van der Waals surface area contributed by atoms with Crippen LogP contribution < -0.4 is 0 Å². The molecule has 2 atom stereocenters. The van der Waals surface area contributed by atoms with E-state index >= 15 is 0 Å². The molecule has 2 nitrogen and oxygen atoms in total. The minimum Gasteiger partial charge on any atom is -0.393 e. The zero-order valence-electron chi connectivity index (χ0n) is 4.96. The van der Waals surface area contributed by atoms with Gasteiger partial charge in [0.1, 0.15) is 0 Å². The highest BCUT2D eigenvalue weighted by Crippen LogP contribution is 2.04. The van der Waals surface area contributed by atoms with Crippen LogP contribution in [-0.2, 0) is 4.79 Å². The average Bonchev–Trinajstić information content (AvgIpc) is 1.64. The second-order valence-corrected chi connectivity index (χ2v) is 2.31. The molecule has 0 saturated carbocycles. The number of carbonyl (C=O) groups is 1. The number of rotatable bonds is 2. The van der Waals surface area contributed by atoms with E-state index in [9.17, 15) is 4.79 Å². The first-order valence-electron chi connectivity index (χ1n) is 2.46. The number of hydrogen-bond acceptors (Lipinski definition) is 2. The summed E-state index contributed by atoms with van der Waals surface area (Å²) in [5.74, 6) is -0.349. The summed E-state index contributed by atoms with van der Waals surface area (Å²) in [6.07, 6.45) is -0.583. The Balaban J connectivity index is 3.64. The SMILES string of the molecule is CC(O)C(C)C(=O)S. The molecule has 0 aromatic heterocycles. The van der Waals surface area contributed by atoms with Crippen LogP contribution in [0.25, 0.3) is 0 Å². The molecular formula is C5H10O2S. The van der Waals surface area contributed by atoms with Crippen LogP contribution in [-0.4, -0.2) is 16.3 Å². The summed E-state index contributed by atoms with van der Waals surface area (Å²) < 4.78 is 0. The Labute approximate surface area is 54.3 Å². The number of thiol groups is 1. The van der Waals surface area contributed by atoms with Crippen molar-refractivity contribution in [2.75, 3.05) is 0 Å². The van der Waals surface area contributed by atoms with E-state index in [2.05, 4.69) is 12.6 Å². The summed E-state index contributed by atoms with van der Waals surface area (Å²) in [6, 6.07) is 0. The summed E-state index contributed by atoms with van der Waals surface area (Å²) in [7, 11) is 0. The lowest BCUT2D eigenvalue weighted by atomic mass is 10.1. The molecule has 0 spiro atoms. The van der Waals surface area contributed by atoms with Gasteiger partial charge in [-0.2, -0.15) is 0 Å². The van der Waals surface area contributed by atoms with Crippen molar-refractivity contribution in [1.29, 1.82) is 0 Å². The summed E-state index contributed by atoms with van der Waals surface area (Å²) >= 11 is 3.53. The van der Waals surface area contributed by atoms with Crippen molar-refractivity contribution in [1.82, 2.24) is 0 Å². The van der Waals surface area contributed by atoms with Crippen molar-refractivity contribution in [2.24, 2.45) is 5.92 Å². The van der Waals surface area contributed by atoms with E-state index in [0.717, 1.165) is 0 Å². The third kappa shape index (κ3) is 2.33. The zero-order chi connectivity index (χ0) is 6.73. The van der Waals surface area contributed by atoms with Gasteiger partial charge in [0.05, 0.1) is 12.0 Å². The Morgan fingerprint density at radius 2 is 2.00 bits per heavy atom. The highest BCUT2D eigenvalue weighted by Gasteiger charge is 2.13.